The fourth-order valence-electron chi connectivity index (χ4n) is 7.83. The molecule has 0 amide bonds. The van der Waals surface area contributed by atoms with Crippen LogP contribution in [-0.2, 0) is 0 Å². The van der Waals surface area contributed by atoms with E-state index in [2.05, 4.69) is 81.9 Å². The summed E-state index contributed by atoms with van der Waals surface area (Å²) >= 11 is 1.07. The van der Waals surface area contributed by atoms with E-state index in [0.29, 0.717) is 21.5 Å². The summed E-state index contributed by atoms with van der Waals surface area (Å²) in [4.78, 5) is 1.94. The Labute approximate surface area is 314 Å². The highest BCUT2D eigenvalue weighted by Gasteiger charge is 2.22. The van der Waals surface area contributed by atoms with E-state index in [1.807, 2.05) is 77.7 Å². The summed E-state index contributed by atoms with van der Waals surface area (Å²) in [6.45, 7) is 0. The summed E-state index contributed by atoms with van der Waals surface area (Å²) in [5.41, 5.74) is 7.46. The second-order valence-electron chi connectivity index (χ2n) is 12.8. The van der Waals surface area contributed by atoms with Gasteiger partial charge in [-0.2, -0.15) is 0 Å². The Morgan fingerprint density at radius 1 is 0.423 bits per heavy atom. The zero-order valence-electron chi connectivity index (χ0n) is 34.6. The number of thiophene rings is 1. The van der Waals surface area contributed by atoms with Crippen LogP contribution in [0, 0.1) is 0 Å². The van der Waals surface area contributed by atoms with E-state index in [1.165, 1.54) is 0 Å². The fraction of sp³-hybridized carbons (Fsp3) is 0. The van der Waals surface area contributed by atoms with Gasteiger partial charge in [-0.3, -0.25) is 0 Å². The lowest BCUT2D eigenvalue weighted by atomic mass is 10.1. The van der Waals surface area contributed by atoms with Gasteiger partial charge in [-0.1, -0.05) is 109 Å². The van der Waals surface area contributed by atoms with Crippen LogP contribution in [0.4, 0.5) is 17.1 Å². The van der Waals surface area contributed by atoms with Crippen LogP contribution in [0.5, 0.6) is 0 Å². The van der Waals surface area contributed by atoms with Gasteiger partial charge in [-0.25, -0.2) is 0 Å². The molecule has 11 aromatic rings. The van der Waals surface area contributed by atoms with Crippen molar-refractivity contribution < 1.29 is 9.60 Å². The molecule has 0 spiro atoms. The van der Waals surface area contributed by atoms with Gasteiger partial charge in [-0.05, 0) is 78.8 Å². The highest BCUT2D eigenvalue weighted by Crippen LogP contribution is 2.47. The molecule has 0 radical (unpaired) electrons. The van der Waals surface area contributed by atoms with E-state index >= 15 is 0 Å². The molecule has 4 heteroatoms. The number of anilines is 3. The van der Waals surface area contributed by atoms with Crippen molar-refractivity contribution in [2.24, 2.45) is 0 Å². The van der Waals surface area contributed by atoms with Crippen molar-refractivity contribution in [2.75, 3.05) is 4.90 Å². The first-order chi connectivity index (χ1) is 28.7. The van der Waals surface area contributed by atoms with Gasteiger partial charge < -0.3 is 14.0 Å². The maximum atomic E-state index is 9.69. The maximum Gasteiger partial charge on any atom is 0.0645 e. The van der Waals surface area contributed by atoms with E-state index in [-0.39, 0.29) is 52.0 Å². The Morgan fingerprint density at radius 2 is 0.923 bits per heavy atom. The summed E-state index contributed by atoms with van der Waals surface area (Å²) in [5, 5.41) is 4.79. The molecule has 3 heterocycles. The van der Waals surface area contributed by atoms with Crippen molar-refractivity contribution in [2.45, 2.75) is 0 Å². The highest BCUT2D eigenvalue weighted by atomic mass is 32.1. The van der Waals surface area contributed by atoms with Crippen molar-refractivity contribution in [1.82, 2.24) is 9.13 Å². The first-order valence-corrected chi connectivity index (χ1v) is 17.9. The molecule has 0 aliphatic carbocycles. The van der Waals surface area contributed by atoms with Crippen molar-refractivity contribution in [3.63, 3.8) is 0 Å². The van der Waals surface area contributed by atoms with Crippen molar-refractivity contribution in [3.05, 3.63) is 188 Å². The summed E-state index contributed by atoms with van der Waals surface area (Å²) in [5.74, 6) is 0. The lowest BCUT2D eigenvalue weighted by molar-refractivity contribution is 1.17. The Morgan fingerprint density at radius 3 is 1.52 bits per heavy atom. The Kier molecular flexibility index (Phi) is 5.06. The molecule has 0 bridgehead atoms. The van der Waals surface area contributed by atoms with Gasteiger partial charge in [0.25, 0.3) is 0 Å². The summed E-state index contributed by atoms with van der Waals surface area (Å²) in [6.07, 6.45) is 0. The molecule has 3 aromatic heterocycles. The summed E-state index contributed by atoms with van der Waals surface area (Å²) < 4.78 is 68.3. The van der Waals surface area contributed by atoms with E-state index in [9.17, 15) is 4.11 Å². The van der Waals surface area contributed by atoms with E-state index in [0.717, 1.165) is 66.3 Å². The molecule has 0 unspecified atom stereocenters. The van der Waals surface area contributed by atoms with Crippen LogP contribution in [0.25, 0.3) is 75.2 Å². The lowest BCUT2D eigenvalue weighted by Crippen LogP contribution is -2.10. The minimum absolute atomic E-state index is 0.189. The third-order valence-electron chi connectivity index (χ3n) is 10.0. The Hall–Kier alpha value is -6.62. The van der Waals surface area contributed by atoms with E-state index in [4.69, 9.17) is 5.48 Å². The summed E-state index contributed by atoms with van der Waals surface area (Å²) in [6, 6.07) is 47.3. The number of fused-ring (bicyclic) bond motifs is 9. The van der Waals surface area contributed by atoms with Crippen molar-refractivity contribution in [1.29, 1.82) is 0 Å². The quantitative estimate of drug-likeness (QED) is 0.175. The van der Waals surface area contributed by atoms with E-state index in [1.54, 1.807) is 0 Å². The van der Waals surface area contributed by atoms with Gasteiger partial charge in [0.1, 0.15) is 0 Å². The number of rotatable bonds is 5. The average Bonchev–Trinajstić information content (AvgIpc) is 3.94. The number of hydrogen-bond donors (Lipinski definition) is 0. The normalized spacial score (nSPS) is 13.7. The first-order valence-electron chi connectivity index (χ1n) is 20.6. The topological polar surface area (TPSA) is 13.1 Å². The average molecular weight is 689 g/mol. The minimum Gasteiger partial charge on any atom is -0.310 e. The molecule has 52 heavy (non-hydrogen) atoms. The van der Waals surface area contributed by atoms with Crippen molar-refractivity contribution >= 4 is 92.2 Å². The number of para-hydroxylation sites is 4. The molecule has 11 rings (SSSR count). The molecule has 244 valence electrons. The van der Waals surface area contributed by atoms with Crippen LogP contribution in [0.15, 0.2) is 188 Å². The van der Waals surface area contributed by atoms with Gasteiger partial charge in [0.15, 0.2) is 0 Å². The maximum absolute atomic E-state index is 9.69. The van der Waals surface area contributed by atoms with Crippen LogP contribution in [0.1, 0.15) is 9.60 Å². The van der Waals surface area contributed by atoms with Gasteiger partial charge in [-0.15, -0.1) is 11.3 Å². The molecule has 0 saturated carbocycles. The second-order valence-corrected chi connectivity index (χ2v) is 13.9. The minimum atomic E-state index is -0.393. The first kappa shape index (κ1) is 23.0. The zero-order valence-corrected chi connectivity index (χ0v) is 28.4. The predicted octanol–water partition coefficient (Wildman–Crippen LogP) is 13.7. The summed E-state index contributed by atoms with van der Waals surface area (Å²) in [7, 11) is 0. The molecule has 8 aromatic carbocycles. The van der Waals surface area contributed by atoms with Gasteiger partial charge in [0.2, 0.25) is 0 Å². The highest BCUT2D eigenvalue weighted by molar-refractivity contribution is 7.26. The fourth-order valence-corrected chi connectivity index (χ4v) is 8.79. The largest absolute Gasteiger partial charge is 0.310 e. The standard InChI is InChI=1S/C48H31N3S/c1-3-14-32(15-4-1)50-41-21-10-7-18-36(41)38-28-26-34(30-44(38)50)49(43-23-13-25-47-48(43)40-20-9-12-24-46(40)52-47)35-27-29-39-37-19-8-11-22-42(37)51(45(39)31-35)33-16-5-2-6-17-33/h1-31H/i9D,12D,13D,20D,23D,24D,25D. The predicted molar refractivity (Wildman–Crippen MR) is 223 cm³/mol. The van der Waals surface area contributed by atoms with Gasteiger partial charge in [0, 0.05) is 64.5 Å². The van der Waals surface area contributed by atoms with Gasteiger partial charge >= 0.3 is 0 Å². The molecule has 0 saturated heterocycles. The molecule has 3 nitrogen and oxygen atoms in total. The van der Waals surface area contributed by atoms with Crippen LogP contribution < -0.4 is 4.90 Å². The third kappa shape index (κ3) is 4.31. The van der Waals surface area contributed by atoms with Crippen LogP contribution in [-0.4, -0.2) is 9.13 Å². The number of benzene rings is 8. The number of hydrogen-bond acceptors (Lipinski definition) is 2. The smallest absolute Gasteiger partial charge is 0.0645 e. The lowest BCUT2D eigenvalue weighted by Gasteiger charge is -2.27. The van der Waals surface area contributed by atoms with Crippen LogP contribution in [0.2, 0.25) is 0 Å². The molecule has 0 N–H and O–H groups in total. The molecular formula is C48H31N3S. The second kappa shape index (κ2) is 11.5. The number of aromatic nitrogens is 2. The number of nitrogens with zero attached hydrogens (tertiary/aromatic N) is 3. The SMILES string of the molecule is [2H]c1c([2H])c([2H])c2c(sc3c([2H])c([2H])c([2H])c(N(c4ccc5c6ccccc6n(-c6ccccc6)c5c4)c4ccc5c6ccccc6n(-c6ccccc6)c5c4)c32)c1[2H]. The van der Waals surface area contributed by atoms with Crippen molar-refractivity contribution in [3.8, 4) is 11.4 Å². The van der Waals surface area contributed by atoms with E-state index < -0.39 is 6.04 Å². The monoisotopic (exact) mass is 688 g/mol. The van der Waals surface area contributed by atoms with Crippen LogP contribution in [0.3, 0.4) is 0 Å². The Balaban J connectivity index is 1.30. The molecule has 0 fully saturated rings. The molecule has 0 aliphatic rings. The van der Waals surface area contributed by atoms with Crippen LogP contribution >= 0.6 is 11.3 Å². The molecular weight excluding hydrogens is 651 g/mol. The Bertz CT molecular complexity index is 3380. The third-order valence-corrected chi connectivity index (χ3v) is 11.0. The zero-order chi connectivity index (χ0) is 40.3. The molecule has 0 atom stereocenters. The molecule has 0 aliphatic heterocycles. The van der Waals surface area contributed by atoms with Gasteiger partial charge in [0.05, 0.1) is 37.3 Å².